The van der Waals surface area contributed by atoms with Gasteiger partial charge < -0.3 is 9.64 Å². The number of ether oxygens (including phenoxy) is 1. The highest BCUT2D eigenvalue weighted by Crippen LogP contribution is 2.41. The number of benzene rings is 2. The van der Waals surface area contributed by atoms with Gasteiger partial charge in [-0.05, 0) is 80.6 Å². The predicted molar refractivity (Wildman–Crippen MR) is 111 cm³/mol. The number of nitrogens with zero attached hydrogens (tertiary/aromatic N) is 1. The molecule has 1 fully saturated rings. The number of carbonyl (C=O) groups excluding carboxylic acids is 1. The lowest BCUT2D eigenvalue weighted by molar-refractivity contribution is 0.0600. The molecule has 2 aromatic rings. The maximum atomic E-state index is 13.8. The highest BCUT2D eigenvalue weighted by molar-refractivity contribution is 5.90. The maximum absolute atomic E-state index is 13.8. The van der Waals surface area contributed by atoms with E-state index in [1.54, 1.807) is 18.2 Å². The largest absolute Gasteiger partial charge is 0.465 e. The van der Waals surface area contributed by atoms with E-state index in [9.17, 15) is 9.18 Å². The van der Waals surface area contributed by atoms with Gasteiger partial charge in [-0.3, -0.25) is 0 Å². The van der Waals surface area contributed by atoms with Crippen LogP contribution < -0.4 is 0 Å². The van der Waals surface area contributed by atoms with Crippen molar-refractivity contribution < 1.29 is 13.9 Å². The third kappa shape index (κ3) is 5.08. The Kier molecular flexibility index (Phi) is 6.63. The lowest BCUT2D eigenvalue weighted by atomic mass is 9.73. The van der Waals surface area contributed by atoms with Crippen LogP contribution in [-0.2, 0) is 4.74 Å². The first-order valence-electron chi connectivity index (χ1n) is 9.74. The second-order valence-corrected chi connectivity index (χ2v) is 7.85. The molecule has 1 aliphatic rings. The second kappa shape index (κ2) is 9.16. The van der Waals surface area contributed by atoms with Gasteiger partial charge >= 0.3 is 5.97 Å². The summed E-state index contributed by atoms with van der Waals surface area (Å²) >= 11 is 0. The van der Waals surface area contributed by atoms with Crippen LogP contribution in [0.1, 0.15) is 46.7 Å². The molecule has 0 spiro atoms. The Balaban J connectivity index is 1.86. The van der Waals surface area contributed by atoms with Crippen molar-refractivity contribution in [3.05, 3.63) is 76.6 Å². The maximum Gasteiger partial charge on any atom is 0.337 e. The zero-order valence-corrected chi connectivity index (χ0v) is 16.8. The van der Waals surface area contributed by atoms with Crippen molar-refractivity contribution in [2.24, 2.45) is 5.92 Å². The minimum absolute atomic E-state index is 0.178. The molecular weight excluding hydrogens is 353 g/mol. The monoisotopic (exact) mass is 381 g/mol. The molecule has 3 rings (SSSR count). The fourth-order valence-corrected chi connectivity index (χ4v) is 4.18. The molecule has 0 aromatic heterocycles. The van der Waals surface area contributed by atoms with E-state index in [2.05, 4.69) is 25.1 Å². The number of rotatable bonds is 5. The van der Waals surface area contributed by atoms with E-state index in [0.717, 1.165) is 36.9 Å². The fraction of sp³-hybridized carbons (Fsp3) is 0.375. The van der Waals surface area contributed by atoms with Crippen LogP contribution >= 0.6 is 0 Å². The number of allylic oxidation sites excluding steroid dienone is 1. The van der Waals surface area contributed by atoms with Crippen LogP contribution in [0, 0.1) is 11.7 Å². The van der Waals surface area contributed by atoms with Gasteiger partial charge in [0.25, 0.3) is 0 Å². The minimum atomic E-state index is -0.326. The van der Waals surface area contributed by atoms with Crippen molar-refractivity contribution in [1.82, 2.24) is 4.90 Å². The van der Waals surface area contributed by atoms with Gasteiger partial charge in [0.15, 0.2) is 0 Å². The Hall–Kier alpha value is -2.46. The highest BCUT2D eigenvalue weighted by Gasteiger charge is 2.29. The van der Waals surface area contributed by atoms with Gasteiger partial charge in [-0.25, -0.2) is 9.18 Å². The Labute approximate surface area is 166 Å². The Morgan fingerprint density at radius 2 is 2.00 bits per heavy atom. The zero-order chi connectivity index (χ0) is 20.1. The summed E-state index contributed by atoms with van der Waals surface area (Å²) in [6.07, 6.45) is 5.17. The van der Waals surface area contributed by atoms with E-state index < -0.39 is 0 Å². The van der Waals surface area contributed by atoms with Crippen LogP contribution in [0.15, 0.2) is 54.1 Å². The third-order valence-electron chi connectivity index (χ3n) is 5.44. The molecule has 0 amide bonds. The van der Waals surface area contributed by atoms with Crippen LogP contribution in [0.3, 0.4) is 0 Å². The highest BCUT2D eigenvalue weighted by atomic mass is 19.1. The normalized spacial score (nSPS) is 21.1. The molecule has 0 bridgehead atoms. The van der Waals surface area contributed by atoms with Crippen molar-refractivity contribution in [3.63, 3.8) is 0 Å². The molecule has 3 nitrogen and oxygen atoms in total. The fourth-order valence-electron chi connectivity index (χ4n) is 4.18. The van der Waals surface area contributed by atoms with Crippen molar-refractivity contribution in [2.45, 2.75) is 25.2 Å². The summed E-state index contributed by atoms with van der Waals surface area (Å²) in [5.74, 6) is 0.285. The molecule has 0 unspecified atom stereocenters. The smallest absolute Gasteiger partial charge is 0.337 e. The summed E-state index contributed by atoms with van der Waals surface area (Å²) in [4.78, 5) is 14.0. The topological polar surface area (TPSA) is 29.5 Å². The first kappa shape index (κ1) is 20.3. The quantitative estimate of drug-likeness (QED) is 0.672. The molecule has 2 atom stereocenters. The Morgan fingerprint density at radius 1 is 1.21 bits per heavy atom. The predicted octanol–water partition coefficient (Wildman–Crippen LogP) is 5.14. The van der Waals surface area contributed by atoms with E-state index in [4.69, 9.17) is 4.74 Å². The van der Waals surface area contributed by atoms with Crippen molar-refractivity contribution >= 4 is 12.0 Å². The molecular formula is C24H28FNO2. The average Bonchev–Trinajstić information content (AvgIpc) is 2.68. The lowest BCUT2D eigenvalue weighted by Gasteiger charge is -2.35. The van der Waals surface area contributed by atoms with Crippen LogP contribution in [0.2, 0.25) is 0 Å². The molecule has 0 heterocycles. The van der Waals surface area contributed by atoms with Gasteiger partial charge in [-0.2, -0.15) is 0 Å². The van der Waals surface area contributed by atoms with E-state index in [0.29, 0.717) is 17.4 Å². The van der Waals surface area contributed by atoms with Crippen molar-refractivity contribution in [1.29, 1.82) is 0 Å². The summed E-state index contributed by atoms with van der Waals surface area (Å²) in [5.41, 5.74) is 3.97. The third-order valence-corrected chi connectivity index (χ3v) is 5.44. The summed E-state index contributed by atoms with van der Waals surface area (Å²) in [5, 5.41) is 0. The Morgan fingerprint density at radius 3 is 2.71 bits per heavy atom. The van der Waals surface area contributed by atoms with Gasteiger partial charge in [0.2, 0.25) is 0 Å². The number of hydrogen-bond donors (Lipinski definition) is 0. The number of methoxy groups -OCH3 is 1. The molecule has 4 heteroatoms. The summed E-state index contributed by atoms with van der Waals surface area (Å²) in [7, 11) is 5.57. The molecule has 148 valence electrons. The first-order chi connectivity index (χ1) is 13.5. The molecule has 1 aliphatic carbocycles. The van der Waals surface area contributed by atoms with Gasteiger partial charge in [-0.1, -0.05) is 35.9 Å². The van der Waals surface area contributed by atoms with Gasteiger partial charge in [0.1, 0.15) is 5.82 Å². The molecule has 0 saturated heterocycles. The molecule has 2 aromatic carbocycles. The van der Waals surface area contributed by atoms with Crippen LogP contribution in [0.4, 0.5) is 4.39 Å². The van der Waals surface area contributed by atoms with E-state index in [-0.39, 0.29) is 11.8 Å². The van der Waals surface area contributed by atoms with E-state index in [1.165, 1.54) is 18.7 Å². The van der Waals surface area contributed by atoms with Crippen LogP contribution in [-0.4, -0.2) is 38.6 Å². The van der Waals surface area contributed by atoms with Gasteiger partial charge in [-0.15, -0.1) is 0 Å². The SMILES string of the molecule is COC(=O)c1cccc(/C=C2\CC[C@H](CN(C)C)[C@@H](c3cccc(F)c3)C2)c1. The van der Waals surface area contributed by atoms with Gasteiger partial charge in [0, 0.05) is 6.54 Å². The molecule has 0 radical (unpaired) electrons. The lowest BCUT2D eigenvalue weighted by Crippen LogP contribution is -2.29. The number of halogens is 1. The average molecular weight is 381 g/mol. The van der Waals surface area contributed by atoms with Crippen molar-refractivity contribution in [3.8, 4) is 0 Å². The molecule has 28 heavy (non-hydrogen) atoms. The molecule has 0 aliphatic heterocycles. The van der Waals surface area contributed by atoms with Crippen molar-refractivity contribution in [2.75, 3.05) is 27.7 Å². The van der Waals surface area contributed by atoms with E-state index in [1.807, 2.05) is 24.3 Å². The standard InChI is InChI=1S/C24H28FNO2/c1-26(2)16-21-11-10-18(14-23(21)19-7-5-9-22(25)15-19)12-17-6-4-8-20(13-17)24(27)28-3/h4-9,12-13,15,21,23H,10-11,14,16H2,1-3H3/b18-12+/t21-,23-/m1/s1. The van der Waals surface area contributed by atoms with Crippen LogP contribution in [0.25, 0.3) is 6.08 Å². The van der Waals surface area contributed by atoms with E-state index >= 15 is 0 Å². The Bertz CT molecular complexity index is 859. The molecule has 0 N–H and O–H groups in total. The zero-order valence-electron chi connectivity index (χ0n) is 16.8. The second-order valence-electron chi connectivity index (χ2n) is 7.85. The summed E-state index contributed by atoms with van der Waals surface area (Å²) in [6, 6.07) is 14.5. The minimum Gasteiger partial charge on any atom is -0.465 e. The number of esters is 1. The van der Waals surface area contributed by atoms with Crippen LogP contribution in [0.5, 0.6) is 0 Å². The number of carbonyl (C=O) groups is 1. The summed E-state index contributed by atoms with van der Waals surface area (Å²) < 4.78 is 18.7. The van der Waals surface area contributed by atoms with Gasteiger partial charge in [0.05, 0.1) is 12.7 Å². The first-order valence-corrected chi connectivity index (χ1v) is 9.74. The summed E-state index contributed by atoms with van der Waals surface area (Å²) in [6.45, 7) is 0.992. The number of hydrogen-bond acceptors (Lipinski definition) is 3. The molecule has 1 saturated carbocycles.